The van der Waals surface area contributed by atoms with Crippen molar-refractivity contribution >= 4 is 11.9 Å². The molecule has 0 radical (unpaired) electrons. The number of hydrogen-bond donors (Lipinski definition) is 0. The van der Waals surface area contributed by atoms with Gasteiger partial charge in [0.05, 0.1) is 18.9 Å². The Morgan fingerprint density at radius 3 is 2.53 bits per heavy atom. The molecule has 2 aliphatic rings. The summed E-state index contributed by atoms with van der Waals surface area (Å²) in [4.78, 5) is 23.2. The summed E-state index contributed by atoms with van der Waals surface area (Å²) in [6.07, 6.45) is 1.13. The quantitative estimate of drug-likeness (QED) is 0.675. The second-order valence-corrected chi connectivity index (χ2v) is 5.25. The second-order valence-electron chi connectivity index (χ2n) is 5.25. The van der Waals surface area contributed by atoms with Crippen LogP contribution in [-0.2, 0) is 23.8 Å². The molecule has 0 aromatic carbocycles. The lowest BCUT2D eigenvalue weighted by Gasteiger charge is -2.19. The van der Waals surface area contributed by atoms with Crippen LogP contribution in [0.4, 0.5) is 0 Å². The van der Waals surface area contributed by atoms with E-state index in [1.165, 1.54) is 13.4 Å². The summed E-state index contributed by atoms with van der Waals surface area (Å²) in [6, 6.07) is 0. The zero-order valence-electron chi connectivity index (χ0n) is 10.4. The first-order chi connectivity index (χ1) is 7.85. The summed E-state index contributed by atoms with van der Waals surface area (Å²) >= 11 is 0. The van der Waals surface area contributed by atoms with Crippen LogP contribution in [0.1, 0.15) is 20.8 Å². The fraction of sp³-hybridized carbons (Fsp3) is 0.667. The van der Waals surface area contributed by atoms with Crippen LogP contribution in [0.15, 0.2) is 11.8 Å². The monoisotopic (exact) mass is 240 g/mol. The van der Waals surface area contributed by atoms with Gasteiger partial charge in [0.1, 0.15) is 17.6 Å². The molecule has 0 N–H and O–H groups in total. The summed E-state index contributed by atoms with van der Waals surface area (Å²) in [5.74, 6) is -1.32. The Bertz CT molecular complexity index is 390. The van der Waals surface area contributed by atoms with Crippen LogP contribution in [0.3, 0.4) is 0 Å². The third kappa shape index (κ3) is 2.14. The van der Waals surface area contributed by atoms with E-state index in [1.54, 1.807) is 20.8 Å². The normalized spacial score (nSPS) is 29.9. The summed E-state index contributed by atoms with van der Waals surface area (Å²) in [5.41, 5.74) is -0.100. The molecular formula is C12H16O5. The van der Waals surface area contributed by atoms with Crippen LogP contribution in [0.5, 0.6) is 0 Å². The van der Waals surface area contributed by atoms with E-state index < -0.39 is 11.6 Å². The van der Waals surface area contributed by atoms with Gasteiger partial charge >= 0.3 is 11.9 Å². The van der Waals surface area contributed by atoms with E-state index in [2.05, 4.69) is 4.74 Å². The van der Waals surface area contributed by atoms with Crippen molar-refractivity contribution < 1.29 is 23.8 Å². The molecule has 0 aromatic heterocycles. The Morgan fingerprint density at radius 1 is 1.35 bits per heavy atom. The maximum atomic E-state index is 11.8. The topological polar surface area (TPSA) is 61.8 Å². The molecular weight excluding hydrogens is 224 g/mol. The highest BCUT2D eigenvalue weighted by atomic mass is 16.6. The van der Waals surface area contributed by atoms with E-state index in [4.69, 9.17) is 9.47 Å². The average molecular weight is 240 g/mol. The number of ether oxygens (including phenoxy) is 3. The van der Waals surface area contributed by atoms with Gasteiger partial charge in [0.2, 0.25) is 0 Å². The SMILES string of the molecule is COC(=O)C1=CO[C@@H]2[C@@H](C(=O)OC(C)(C)C)[C@H]12. The van der Waals surface area contributed by atoms with E-state index >= 15 is 0 Å². The lowest BCUT2D eigenvalue weighted by atomic mass is 10.1. The Balaban J connectivity index is 1.99. The highest BCUT2D eigenvalue weighted by molar-refractivity contribution is 5.93. The van der Waals surface area contributed by atoms with Crippen LogP contribution >= 0.6 is 0 Å². The molecule has 0 spiro atoms. The minimum Gasteiger partial charge on any atom is -0.496 e. The minimum atomic E-state index is -0.525. The Hall–Kier alpha value is -1.52. The van der Waals surface area contributed by atoms with Crippen LogP contribution in [0.25, 0.3) is 0 Å². The molecule has 94 valence electrons. The molecule has 0 amide bonds. The molecule has 0 unspecified atom stereocenters. The Labute approximate surface area is 99.7 Å². The van der Waals surface area contributed by atoms with Gasteiger partial charge in [-0.15, -0.1) is 0 Å². The summed E-state index contributed by atoms with van der Waals surface area (Å²) in [5, 5.41) is 0. The maximum absolute atomic E-state index is 11.8. The first-order valence-electron chi connectivity index (χ1n) is 5.52. The molecule has 0 aromatic rings. The zero-order chi connectivity index (χ0) is 12.8. The van der Waals surface area contributed by atoms with E-state index in [1.807, 2.05) is 0 Å². The zero-order valence-corrected chi connectivity index (χ0v) is 10.4. The highest BCUT2D eigenvalue weighted by Gasteiger charge is 2.64. The van der Waals surface area contributed by atoms with Crippen molar-refractivity contribution in [1.82, 2.24) is 0 Å². The molecule has 2 rings (SSSR count). The van der Waals surface area contributed by atoms with E-state index in [9.17, 15) is 9.59 Å². The molecule has 17 heavy (non-hydrogen) atoms. The molecule has 1 fully saturated rings. The van der Waals surface area contributed by atoms with Crippen LogP contribution < -0.4 is 0 Å². The van der Waals surface area contributed by atoms with Gasteiger partial charge in [0.25, 0.3) is 0 Å². The standard InChI is InChI=1S/C12H16O5/c1-12(2,3)17-11(14)8-7-6(10(13)15-4)5-16-9(7)8/h5,7-9H,1-4H3/t7-,8-,9-/m0/s1. The first-order valence-corrected chi connectivity index (χ1v) is 5.52. The molecule has 5 heteroatoms. The van der Waals surface area contributed by atoms with Crippen molar-refractivity contribution in [3.63, 3.8) is 0 Å². The van der Waals surface area contributed by atoms with Crippen LogP contribution in [0, 0.1) is 11.8 Å². The molecule has 1 aliphatic heterocycles. The maximum Gasteiger partial charge on any atom is 0.337 e. The van der Waals surface area contributed by atoms with Crippen molar-refractivity contribution in [2.24, 2.45) is 11.8 Å². The van der Waals surface area contributed by atoms with Crippen LogP contribution in [-0.4, -0.2) is 30.8 Å². The Kier molecular flexibility index (Phi) is 2.64. The predicted octanol–water partition coefficient (Wildman–Crippen LogP) is 1.03. The molecule has 0 saturated heterocycles. The van der Waals surface area contributed by atoms with Gasteiger partial charge in [-0.3, -0.25) is 4.79 Å². The highest BCUT2D eigenvalue weighted by Crippen LogP contribution is 2.52. The van der Waals surface area contributed by atoms with Crippen molar-refractivity contribution in [2.45, 2.75) is 32.5 Å². The number of fused-ring (bicyclic) bond motifs is 1. The van der Waals surface area contributed by atoms with E-state index in [0.29, 0.717) is 5.57 Å². The van der Waals surface area contributed by atoms with Crippen molar-refractivity contribution in [3.8, 4) is 0 Å². The van der Waals surface area contributed by atoms with Crippen molar-refractivity contribution in [2.75, 3.05) is 7.11 Å². The molecule has 1 aliphatic carbocycles. The van der Waals surface area contributed by atoms with Gasteiger partial charge < -0.3 is 14.2 Å². The number of carbonyl (C=O) groups is 2. The lowest BCUT2D eigenvalue weighted by Crippen LogP contribution is -2.26. The smallest absolute Gasteiger partial charge is 0.337 e. The lowest BCUT2D eigenvalue weighted by molar-refractivity contribution is -0.157. The number of methoxy groups -OCH3 is 1. The van der Waals surface area contributed by atoms with Gasteiger partial charge in [0, 0.05) is 5.92 Å². The molecule has 5 nitrogen and oxygen atoms in total. The number of rotatable bonds is 2. The van der Waals surface area contributed by atoms with Gasteiger partial charge in [-0.1, -0.05) is 0 Å². The number of esters is 2. The molecule has 3 atom stereocenters. The largest absolute Gasteiger partial charge is 0.496 e. The average Bonchev–Trinajstić information content (AvgIpc) is 2.77. The van der Waals surface area contributed by atoms with Crippen molar-refractivity contribution in [3.05, 3.63) is 11.8 Å². The van der Waals surface area contributed by atoms with Gasteiger partial charge in [-0.05, 0) is 20.8 Å². The second kappa shape index (κ2) is 3.75. The Morgan fingerprint density at radius 2 is 2.00 bits per heavy atom. The molecule has 0 bridgehead atoms. The summed E-state index contributed by atoms with van der Waals surface area (Å²) in [6.45, 7) is 5.42. The molecule has 1 heterocycles. The fourth-order valence-corrected chi connectivity index (χ4v) is 2.01. The van der Waals surface area contributed by atoms with E-state index in [0.717, 1.165) is 0 Å². The summed E-state index contributed by atoms with van der Waals surface area (Å²) < 4.78 is 15.1. The van der Waals surface area contributed by atoms with Crippen LogP contribution in [0.2, 0.25) is 0 Å². The van der Waals surface area contributed by atoms with Gasteiger partial charge in [-0.2, -0.15) is 0 Å². The third-order valence-corrected chi connectivity index (χ3v) is 2.77. The molecule has 1 saturated carbocycles. The van der Waals surface area contributed by atoms with E-state index in [-0.39, 0.29) is 23.9 Å². The third-order valence-electron chi connectivity index (χ3n) is 2.77. The number of carbonyl (C=O) groups excluding carboxylic acids is 2. The first kappa shape index (κ1) is 12.0. The van der Waals surface area contributed by atoms with Gasteiger partial charge in [-0.25, -0.2) is 4.79 Å². The van der Waals surface area contributed by atoms with Crippen molar-refractivity contribution in [1.29, 1.82) is 0 Å². The fourth-order valence-electron chi connectivity index (χ4n) is 2.01. The summed E-state index contributed by atoms with van der Waals surface area (Å²) in [7, 11) is 1.31. The minimum absolute atomic E-state index is 0.197. The predicted molar refractivity (Wildman–Crippen MR) is 57.8 cm³/mol. The van der Waals surface area contributed by atoms with Gasteiger partial charge in [0.15, 0.2) is 0 Å². The number of hydrogen-bond acceptors (Lipinski definition) is 5.